The number of methoxy groups -OCH3 is 1. The van der Waals surface area contributed by atoms with E-state index in [1.54, 1.807) is 37.5 Å². The Morgan fingerprint density at radius 1 is 1.33 bits per heavy atom. The van der Waals surface area contributed by atoms with Crippen molar-refractivity contribution in [3.8, 4) is 11.8 Å². The summed E-state index contributed by atoms with van der Waals surface area (Å²) in [5, 5.41) is 21.7. The summed E-state index contributed by atoms with van der Waals surface area (Å²) in [7, 11) is 1.58. The lowest BCUT2D eigenvalue weighted by Crippen LogP contribution is -2.03. The molecule has 21 heavy (non-hydrogen) atoms. The minimum Gasteiger partial charge on any atom is -0.497 e. The summed E-state index contributed by atoms with van der Waals surface area (Å²) in [4.78, 5) is 0. The van der Waals surface area contributed by atoms with Gasteiger partial charge in [0.05, 0.1) is 17.7 Å². The minimum absolute atomic E-state index is 0.302. The first kappa shape index (κ1) is 15.4. The second kappa shape index (κ2) is 6.61. The number of nitriles is 1. The van der Waals surface area contributed by atoms with Crippen LogP contribution in [-0.4, -0.2) is 18.0 Å². The Balaban J connectivity index is 2.56. The van der Waals surface area contributed by atoms with Crippen molar-refractivity contribution < 1.29 is 9.94 Å². The van der Waals surface area contributed by atoms with E-state index in [2.05, 4.69) is 27.2 Å². The number of hydrogen-bond donors (Lipinski definition) is 1. The zero-order chi connectivity index (χ0) is 15.4. The Hall–Kier alpha value is -2.03. The lowest BCUT2D eigenvalue weighted by Gasteiger charge is -2.12. The molecule has 2 rings (SSSR count). The van der Waals surface area contributed by atoms with Gasteiger partial charge in [0.15, 0.2) is 0 Å². The van der Waals surface area contributed by atoms with Crippen LogP contribution < -0.4 is 4.74 Å². The van der Waals surface area contributed by atoms with Gasteiger partial charge in [0, 0.05) is 10.1 Å². The number of rotatable bonds is 2. The van der Waals surface area contributed by atoms with Gasteiger partial charge < -0.3 is 9.94 Å². The highest BCUT2D eigenvalue weighted by molar-refractivity contribution is 9.12. The van der Waals surface area contributed by atoms with Crippen molar-refractivity contribution in [2.75, 3.05) is 7.11 Å². The molecule has 1 aliphatic rings. The topological polar surface area (TPSA) is 65.6 Å². The van der Waals surface area contributed by atoms with Crippen molar-refractivity contribution in [3.05, 3.63) is 57.1 Å². The molecule has 4 nitrogen and oxygen atoms in total. The van der Waals surface area contributed by atoms with Crippen LogP contribution in [0, 0.1) is 11.3 Å². The summed E-state index contributed by atoms with van der Waals surface area (Å²) in [6, 6.07) is 9.26. The van der Waals surface area contributed by atoms with Crippen molar-refractivity contribution in [1.82, 2.24) is 0 Å². The molecular formula is C15H10BrClN2O2. The molecule has 0 radical (unpaired) electrons. The lowest BCUT2D eigenvalue weighted by molar-refractivity contribution is 0.320. The molecular weight excluding hydrogens is 356 g/mol. The van der Waals surface area contributed by atoms with E-state index in [4.69, 9.17) is 21.5 Å². The van der Waals surface area contributed by atoms with Gasteiger partial charge >= 0.3 is 0 Å². The van der Waals surface area contributed by atoms with Gasteiger partial charge in [-0.2, -0.15) is 5.26 Å². The number of hydrogen-bond acceptors (Lipinski definition) is 4. The Labute approximate surface area is 135 Å². The fourth-order valence-corrected chi connectivity index (χ4v) is 2.52. The zero-order valence-electron chi connectivity index (χ0n) is 11.0. The Bertz CT molecular complexity index is 725. The molecule has 0 saturated heterocycles. The fraction of sp³-hybridized carbons (Fsp3) is 0.0667. The van der Waals surface area contributed by atoms with Crippen LogP contribution in [0.25, 0.3) is 5.57 Å². The highest BCUT2D eigenvalue weighted by Gasteiger charge is 2.18. The quantitative estimate of drug-likeness (QED) is 0.485. The first-order chi connectivity index (χ1) is 10.1. The smallest absolute Gasteiger partial charge is 0.118 e. The van der Waals surface area contributed by atoms with Crippen molar-refractivity contribution in [2.24, 2.45) is 5.16 Å². The predicted molar refractivity (Wildman–Crippen MR) is 85.7 cm³/mol. The van der Waals surface area contributed by atoms with Crippen LogP contribution in [0.4, 0.5) is 0 Å². The number of nitrogens with zero attached hydrogens (tertiary/aromatic N) is 2. The molecule has 0 saturated carbocycles. The van der Waals surface area contributed by atoms with Gasteiger partial charge in [-0.05, 0) is 57.9 Å². The van der Waals surface area contributed by atoms with E-state index in [1.165, 1.54) is 6.08 Å². The largest absolute Gasteiger partial charge is 0.497 e. The van der Waals surface area contributed by atoms with Crippen LogP contribution in [-0.2, 0) is 0 Å². The SMILES string of the molecule is COc1ccc(C(C#N)=C2C=C(Br)C(=NO)C=C2Cl)cc1. The Kier molecular flexibility index (Phi) is 4.84. The second-order valence-corrected chi connectivity index (χ2v) is 5.36. The molecule has 1 aromatic carbocycles. The van der Waals surface area contributed by atoms with Crippen LogP contribution in [0.3, 0.4) is 0 Å². The van der Waals surface area contributed by atoms with E-state index in [-0.39, 0.29) is 0 Å². The van der Waals surface area contributed by atoms with E-state index in [0.29, 0.717) is 32.1 Å². The van der Waals surface area contributed by atoms with Crippen LogP contribution in [0.1, 0.15) is 5.56 Å². The molecule has 1 aromatic rings. The first-order valence-corrected chi connectivity index (χ1v) is 7.03. The maximum Gasteiger partial charge on any atom is 0.118 e. The van der Waals surface area contributed by atoms with Crippen LogP contribution in [0.2, 0.25) is 0 Å². The summed E-state index contributed by atoms with van der Waals surface area (Å²) >= 11 is 9.45. The zero-order valence-corrected chi connectivity index (χ0v) is 13.3. The number of halogens is 2. The minimum atomic E-state index is 0.302. The Morgan fingerprint density at radius 3 is 2.52 bits per heavy atom. The van der Waals surface area contributed by atoms with E-state index < -0.39 is 0 Å². The normalized spacial score (nSPS) is 18.7. The van der Waals surface area contributed by atoms with Crippen molar-refractivity contribution in [3.63, 3.8) is 0 Å². The predicted octanol–water partition coefficient (Wildman–Crippen LogP) is 4.22. The molecule has 0 spiro atoms. The average Bonchev–Trinajstić information content (AvgIpc) is 2.51. The third kappa shape index (κ3) is 3.18. The van der Waals surface area contributed by atoms with E-state index in [9.17, 15) is 5.26 Å². The summed E-state index contributed by atoms with van der Waals surface area (Å²) in [5.74, 6) is 0.706. The van der Waals surface area contributed by atoms with Crippen molar-refractivity contribution in [1.29, 1.82) is 5.26 Å². The summed E-state index contributed by atoms with van der Waals surface area (Å²) in [6.45, 7) is 0. The van der Waals surface area contributed by atoms with Gasteiger partial charge in [0.2, 0.25) is 0 Å². The molecule has 0 fully saturated rings. The van der Waals surface area contributed by atoms with Crippen LogP contribution in [0.15, 0.2) is 56.7 Å². The molecule has 1 N–H and O–H groups in total. The molecule has 0 aliphatic heterocycles. The van der Waals surface area contributed by atoms with Crippen molar-refractivity contribution >= 4 is 38.8 Å². The van der Waals surface area contributed by atoms with E-state index in [0.717, 1.165) is 5.56 Å². The number of ether oxygens (including phenoxy) is 1. The highest BCUT2D eigenvalue weighted by atomic mass is 79.9. The molecule has 0 aromatic heterocycles. The average molecular weight is 366 g/mol. The molecule has 0 bridgehead atoms. The molecule has 6 heteroatoms. The molecule has 0 unspecified atom stereocenters. The monoisotopic (exact) mass is 364 g/mol. The third-order valence-electron chi connectivity index (χ3n) is 2.90. The summed E-state index contributed by atoms with van der Waals surface area (Å²) < 4.78 is 5.64. The van der Waals surface area contributed by atoms with Gasteiger partial charge in [-0.1, -0.05) is 16.8 Å². The van der Waals surface area contributed by atoms with E-state index in [1.807, 2.05) is 0 Å². The number of allylic oxidation sites excluding steroid dienone is 6. The van der Waals surface area contributed by atoms with Gasteiger partial charge in [-0.25, -0.2) is 0 Å². The lowest BCUT2D eigenvalue weighted by atomic mass is 9.97. The second-order valence-electron chi connectivity index (χ2n) is 4.10. The Morgan fingerprint density at radius 2 is 2.00 bits per heavy atom. The van der Waals surface area contributed by atoms with Gasteiger partial charge in [-0.3, -0.25) is 0 Å². The summed E-state index contributed by atoms with van der Waals surface area (Å²) in [5.41, 5.74) is 2.01. The third-order valence-corrected chi connectivity index (χ3v) is 3.85. The molecule has 0 heterocycles. The number of oxime groups is 1. The van der Waals surface area contributed by atoms with E-state index >= 15 is 0 Å². The molecule has 0 amide bonds. The highest BCUT2D eigenvalue weighted by Crippen LogP contribution is 2.33. The number of benzene rings is 1. The van der Waals surface area contributed by atoms with Crippen molar-refractivity contribution in [2.45, 2.75) is 0 Å². The molecule has 106 valence electrons. The maximum absolute atomic E-state index is 9.44. The molecule has 0 atom stereocenters. The van der Waals surface area contributed by atoms with Gasteiger partial charge in [0.1, 0.15) is 17.5 Å². The van der Waals surface area contributed by atoms with Crippen LogP contribution >= 0.6 is 27.5 Å². The first-order valence-electron chi connectivity index (χ1n) is 5.86. The maximum atomic E-state index is 9.44. The van der Waals surface area contributed by atoms with Crippen LogP contribution in [0.5, 0.6) is 5.75 Å². The van der Waals surface area contributed by atoms with Gasteiger partial charge in [0.25, 0.3) is 0 Å². The standard InChI is InChI=1S/C15H10BrClN2O2/c1-21-10-4-2-9(3-5-10)12(8-18)11-6-13(16)15(19-20)7-14(11)17/h2-7,20H,1H3. The molecule has 1 aliphatic carbocycles. The fourth-order valence-electron chi connectivity index (χ4n) is 1.84. The summed E-state index contributed by atoms with van der Waals surface area (Å²) in [6.07, 6.45) is 3.14. The van der Waals surface area contributed by atoms with Gasteiger partial charge in [-0.15, -0.1) is 0 Å².